The van der Waals surface area contributed by atoms with Gasteiger partial charge in [-0.25, -0.2) is 0 Å². The zero-order chi connectivity index (χ0) is 20.8. The van der Waals surface area contributed by atoms with Crippen molar-refractivity contribution in [3.8, 4) is 11.5 Å². The second-order valence-corrected chi connectivity index (χ2v) is 6.19. The van der Waals surface area contributed by atoms with Crippen LogP contribution in [-0.4, -0.2) is 29.3 Å². The Morgan fingerprint density at radius 3 is 2.46 bits per heavy atom. The van der Waals surface area contributed by atoms with Crippen LogP contribution in [0.4, 0.5) is 17.1 Å². The number of hydrazone groups is 1. The van der Waals surface area contributed by atoms with E-state index in [1.165, 1.54) is 19.4 Å². The highest BCUT2D eigenvalue weighted by molar-refractivity contribution is 6.32. The summed E-state index contributed by atoms with van der Waals surface area (Å²) in [5.74, 6) is 0.805. The number of benzene rings is 2. The molecule has 0 aliphatic rings. The molecular formula is C17H17ClN4O6. The lowest BCUT2D eigenvalue weighted by Gasteiger charge is -2.15. The molecule has 2 rings (SSSR count). The van der Waals surface area contributed by atoms with Crippen LogP contribution in [0.25, 0.3) is 0 Å². The standard InChI is InChI=1S/C17H17ClN4O6/c1-10(2)28-17-13(18)6-11(7-16(17)27-3)9-19-20-14-5-4-12(21(23)24)8-15(14)22(25)26/h4-10,20H,1-3H3/b19-9-. The van der Waals surface area contributed by atoms with Crippen LogP contribution in [0, 0.1) is 20.2 Å². The van der Waals surface area contributed by atoms with E-state index in [2.05, 4.69) is 10.5 Å². The number of hydrogen-bond acceptors (Lipinski definition) is 8. The SMILES string of the molecule is COc1cc(/C=N\Nc2ccc([N+](=O)[O-])cc2[N+](=O)[O-])cc(Cl)c1OC(C)C. The van der Waals surface area contributed by atoms with Crippen molar-refractivity contribution in [2.75, 3.05) is 12.5 Å². The lowest BCUT2D eigenvalue weighted by atomic mass is 10.2. The molecule has 0 unspecified atom stereocenters. The van der Waals surface area contributed by atoms with Gasteiger partial charge in [0.25, 0.3) is 5.69 Å². The molecule has 2 aromatic carbocycles. The van der Waals surface area contributed by atoms with Crippen molar-refractivity contribution in [3.63, 3.8) is 0 Å². The van der Waals surface area contributed by atoms with Crippen molar-refractivity contribution < 1.29 is 19.3 Å². The molecule has 0 aliphatic carbocycles. The van der Waals surface area contributed by atoms with E-state index in [-0.39, 0.29) is 11.8 Å². The first-order valence-electron chi connectivity index (χ1n) is 7.99. The Morgan fingerprint density at radius 2 is 1.89 bits per heavy atom. The molecule has 0 atom stereocenters. The maximum Gasteiger partial charge on any atom is 0.301 e. The van der Waals surface area contributed by atoms with Gasteiger partial charge in [0.1, 0.15) is 5.69 Å². The molecule has 0 heterocycles. The first-order chi connectivity index (χ1) is 13.2. The summed E-state index contributed by atoms with van der Waals surface area (Å²) >= 11 is 6.23. The summed E-state index contributed by atoms with van der Waals surface area (Å²) < 4.78 is 10.9. The number of halogens is 1. The van der Waals surface area contributed by atoms with Crippen LogP contribution in [-0.2, 0) is 0 Å². The third kappa shape index (κ3) is 5.07. The summed E-state index contributed by atoms with van der Waals surface area (Å²) in [6.07, 6.45) is 1.27. The van der Waals surface area contributed by atoms with Crippen molar-refractivity contribution in [2.45, 2.75) is 20.0 Å². The third-order valence-corrected chi connectivity index (χ3v) is 3.67. The van der Waals surface area contributed by atoms with Crippen molar-refractivity contribution in [3.05, 3.63) is 61.1 Å². The summed E-state index contributed by atoms with van der Waals surface area (Å²) in [5.41, 5.74) is 2.20. The summed E-state index contributed by atoms with van der Waals surface area (Å²) in [5, 5.41) is 26.1. The molecule has 0 fully saturated rings. The van der Waals surface area contributed by atoms with Gasteiger partial charge in [0.15, 0.2) is 11.5 Å². The molecule has 2 aromatic rings. The Kier molecular flexibility index (Phi) is 6.72. The van der Waals surface area contributed by atoms with Gasteiger partial charge in [0, 0.05) is 6.07 Å². The molecule has 148 valence electrons. The molecule has 0 spiro atoms. The van der Waals surface area contributed by atoms with Gasteiger partial charge in [-0.1, -0.05) is 11.6 Å². The quantitative estimate of drug-likeness (QED) is 0.389. The second kappa shape index (κ2) is 9.00. The highest BCUT2D eigenvalue weighted by atomic mass is 35.5. The fraction of sp³-hybridized carbons (Fsp3) is 0.235. The van der Waals surface area contributed by atoms with Crippen LogP contribution in [0.15, 0.2) is 35.4 Å². The average molecular weight is 409 g/mol. The van der Waals surface area contributed by atoms with Gasteiger partial charge in [-0.3, -0.25) is 25.7 Å². The number of non-ortho nitro benzene ring substituents is 1. The molecular weight excluding hydrogens is 392 g/mol. The summed E-state index contributed by atoms with van der Waals surface area (Å²) in [7, 11) is 1.47. The Hall–Kier alpha value is -3.40. The Bertz CT molecular complexity index is 932. The van der Waals surface area contributed by atoms with Crippen LogP contribution in [0.2, 0.25) is 5.02 Å². The van der Waals surface area contributed by atoms with Crippen molar-refractivity contribution >= 4 is 34.9 Å². The molecule has 0 amide bonds. The van der Waals surface area contributed by atoms with E-state index in [9.17, 15) is 20.2 Å². The van der Waals surface area contributed by atoms with E-state index in [4.69, 9.17) is 21.1 Å². The highest BCUT2D eigenvalue weighted by Crippen LogP contribution is 2.36. The van der Waals surface area contributed by atoms with Crippen molar-refractivity contribution in [1.29, 1.82) is 0 Å². The van der Waals surface area contributed by atoms with Gasteiger partial charge in [-0.2, -0.15) is 5.10 Å². The number of nitro benzene ring substituents is 2. The molecule has 0 radical (unpaired) electrons. The van der Waals surface area contributed by atoms with Gasteiger partial charge in [0.05, 0.1) is 40.4 Å². The summed E-state index contributed by atoms with van der Waals surface area (Å²) in [6.45, 7) is 3.71. The number of nitro groups is 2. The fourth-order valence-corrected chi connectivity index (χ4v) is 2.48. The summed E-state index contributed by atoms with van der Waals surface area (Å²) in [6, 6.07) is 6.44. The van der Waals surface area contributed by atoms with Gasteiger partial charge in [-0.15, -0.1) is 0 Å². The Balaban J connectivity index is 2.26. The second-order valence-electron chi connectivity index (χ2n) is 5.79. The molecule has 0 aromatic heterocycles. The van der Waals surface area contributed by atoms with Crippen LogP contribution in [0.3, 0.4) is 0 Å². The Labute approximate surface area is 165 Å². The predicted molar refractivity (Wildman–Crippen MR) is 105 cm³/mol. The van der Waals surface area contributed by atoms with E-state index in [0.717, 1.165) is 12.1 Å². The minimum absolute atomic E-state index is 0.00433. The van der Waals surface area contributed by atoms with Crippen molar-refractivity contribution in [1.82, 2.24) is 0 Å². The molecule has 0 saturated heterocycles. The van der Waals surface area contributed by atoms with Crippen molar-refractivity contribution in [2.24, 2.45) is 5.10 Å². The number of nitrogens with one attached hydrogen (secondary N) is 1. The minimum Gasteiger partial charge on any atom is -0.493 e. The Morgan fingerprint density at radius 1 is 1.18 bits per heavy atom. The largest absolute Gasteiger partial charge is 0.493 e. The van der Waals surface area contributed by atoms with E-state index >= 15 is 0 Å². The minimum atomic E-state index is -0.733. The number of anilines is 1. The average Bonchev–Trinajstić information content (AvgIpc) is 2.63. The highest BCUT2D eigenvalue weighted by Gasteiger charge is 2.19. The summed E-state index contributed by atoms with van der Waals surface area (Å²) in [4.78, 5) is 20.5. The predicted octanol–water partition coefficient (Wildman–Crippen LogP) is 4.40. The van der Waals surface area contributed by atoms with Gasteiger partial charge >= 0.3 is 5.69 Å². The normalized spacial score (nSPS) is 10.9. The van der Waals surface area contributed by atoms with Gasteiger partial charge in [0.2, 0.25) is 0 Å². The molecule has 1 N–H and O–H groups in total. The van der Waals surface area contributed by atoms with E-state index in [1.807, 2.05) is 13.8 Å². The molecule has 0 saturated carbocycles. The van der Waals surface area contributed by atoms with E-state index < -0.39 is 21.2 Å². The molecule has 0 aliphatic heterocycles. The van der Waals surface area contributed by atoms with Crippen LogP contribution >= 0.6 is 11.6 Å². The van der Waals surface area contributed by atoms with Crippen LogP contribution in [0.5, 0.6) is 11.5 Å². The fourth-order valence-electron chi connectivity index (χ4n) is 2.22. The topological polar surface area (TPSA) is 129 Å². The zero-order valence-electron chi connectivity index (χ0n) is 15.2. The third-order valence-electron chi connectivity index (χ3n) is 3.39. The number of ether oxygens (including phenoxy) is 2. The monoisotopic (exact) mass is 408 g/mol. The molecule has 0 bridgehead atoms. The maximum atomic E-state index is 11.1. The lowest BCUT2D eigenvalue weighted by molar-refractivity contribution is -0.393. The smallest absolute Gasteiger partial charge is 0.301 e. The van der Waals surface area contributed by atoms with E-state index in [0.29, 0.717) is 22.1 Å². The number of rotatable bonds is 8. The van der Waals surface area contributed by atoms with Crippen LogP contribution < -0.4 is 14.9 Å². The first-order valence-corrected chi connectivity index (χ1v) is 8.36. The molecule has 28 heavy (non-hydrogen) atoms. The van der Waals surface area contributed by atoms with E-state index in [1.54, 1.807) is 12.1 Å². The maximum absolute atomic E-state index is 11.1. The van der Waals surface area contributed by atoms with Crippen LogP contribution in [0.1, 0.15) is 19.4 Å². The number of hydrogen-bond donors (Lipinski definition) is 1. The van der Waals surface area contributed by atoms with Gasteiger partial charge < -0.3 is 9.47 Å². The molecule has 11 heteroatoms. The van der Waals surface area contributed by atoms with Gasteiger partial charge in [-0.05, 0) is 37.6 Å². The zero-order valence-corrected chi connectivity index (χ0v) is 16.0. The molecule has 10 nitrogen and oxygen atoms in total. The first kappa shape index (κ1) is 20.9. The number of methoxy groups -OCH3 is 1. The number of nitrogens with zero attached hydrogens (tertiary/aromatic N) is 3. The lowest BCUT2D eigenvalue weighted by Crippen LogP contribution is -2.07.